The summed E-state index contributed by atoms with van der Waals surface area (Å²) in [5.41, 5.74) is 7.91. The number of rotatable bonds is 2. The van der Waals surface area contributed by atoms with Gasteiger partial charge in [0.25, 0.3) is 0 Å². The summed E-state index contributed by atoms with van der Waals surface area (Å²) in [6.45, 7) is 4.14. The van der Waals surface area contributed by atoms with Gasteiger partial charge in [-0.05, 0) is 12.5 Å². The van der Waals surface area contributed by atoms with Crippen LogP contribution in [0.15, 0.2) is 12.4 Å². The summed E-state index contributed by atoms with van der Waals surface area (Å²) in [5, 5.41) is 4.81. The molecule has 2 aromatic heterocycles. The molecule has 0 aliphatic rings. The molecule has 0 aliphatic carbocycles. The normalized spacial score (nSPS) is 13.0. The van der Waals surface area contributed by atoms with E-state index in [9.17, 15) is 0 Å². The van der Waals surface area contributed by atoms with Gasteiger partial charge in [-0.1, -0.05) is 6.92 Å². The number of aryl methyl sites for hydroxylation is 2. The number of thiazole rings is 1. The first-order chi connectivity index (χ1) is 7.08. The molecule has 0 saturated carbocycles. The Morgan fingerprint density at radius 3 is 2.73 bits per heavy atom. The lowest BCUT2D eigenvalue weighted by molar-refractivity contribution is 0.766. The maximum absolute atomic E-state index is 5.69. The topological polar surface area (TPSA) is 56.7 Å². The van der Waals surface area contributed by atoms with Crippen LogP contribution < -0.4 is 5.73 Å². The van der Waals surface area contributed by atoms with Gasteiger partial charge < -0.3 is 5.73 Å². The predicted molar refractivity (Wildman–Crippen MR) is 62.0 cm³/mol. The van der Waals surface area contributed by atoms with E-state index in [2.05, 4.69) is 17.0 Å². The largest absolute Gasteiger partial charge is 0.375 e. The second-order valence-corrected chi connectivity index (χ2v) is 4.73. The minimum atomic E-state index is 0.313. The minimum absolute atomic E-state index is 0.313. The molecule has 0 radical (unpaired) electrons. The van der Waals surface area contributed by atoms with Crippen molar-refractivity contribution in [3.05, 3.63) is 28.5 Å². The molecule has 80 valence electrons. The van der Waals surface area contributed by atoms with Gasteiger partial charge in [-0.2, -0.15) is 5.10 Å². The molecule has 2 heterocycles. The summed E-state index contributed by atoms with van der Waals surface area (Å²) < 4.78 is 1.81. The SMILES string of the molecule is Cc1nc(N)sc1C(C)c1cnn(C)c1. The van der Waals surface area contributed by atoms with Crippen molar-refractivity contribution in [1.29, 1.82) is 0 Å². The molecule has 0 saturated heterocycles. The molecule has 0 aromatic carbocycles. The van der Waals surface area contributed by atoms with Crippen LogP contribution in [0, 0.1) is 6.92 Å². The van der Waals surface area contributed by atoms with E-state index in [1.165, 1.54) is 10.4 Å². The number of nitrogens with two attached hydrogens (primary N) is 1. The van der Waals surface area contributed by atoms with Crippen LogP contribution in [0.1, 0.15) is 29.0 Å². The number of anilines is 1. The third kappa shape index (κ3) is 1.87. The van der Waals surface area contributed by atoms with Gasteiger partial charge in [0, 0.05) is 24.0 Å². The van der Waals surface area contributed by atoms with Crippen molar-refractivity contribution in [2.24, 2.45) is 7.05 Å². The van der Waals surface area contributed by atoms with Crippen molar-refractivity contribution in [1.82, 2.24) is 14.8 Å². The van der Waals surface area contributed by atoms with Crippen LogP contribution in [0.4, 0.5) is 5.13 Å². The van der Waals surface area contributed by atoms with Crippen LogP contribution in [0.5, 0.6) is 0 Å². The van der Waals surface area contributed by atoms with Crippen molar-refractivity contribution in [3.8, 4) is 0 Å². The van der Waals surface area contributed by atoms with Crippen molar-refractivity contribution in [2.45, 2.75) is 19.8 Å². The Morgan fingerprint density at radius 2 is 2.27 bits per heavy atom. The highest BCUT2D eigenvalue weighted by Crippen LogP contribution is 2.32. The van der Waals surface area contributed by atoms with Gasteiger partial charge in [-0.3, -0.25) is 4.68 Å². The average Bonchev–Trinajstić information content (AvgIpc) is 2.71. The first kappa shape index (κ1) is 10.2. The first-order valence-electron chi connectivity index (χ1n) is 4.79. The van der Waals surface area contributed by atoms with Gasteiger partial charge >= 0.3 is 0 Å². The van der Waals surface area contributed by atoms with Crippen LogP contribution >= 0.6 is 11.3 Å². The molecule has 1 unspecified atom stereocenters. The molecule has 0 bridgehead atoms. The zero-order valence-electron chi connectivity index (χ0n) is 9.06. The highest BCUT2D eigenvalue weighted by atomic mass is 32.1. The Bertz CT molecular complexity index is 471. The van der Waals surface area contributed by atoms with E-state index in [1.54, 1.807) is 11.3 Å². The van der Waals surface area contributed by atoms with Crippen LogP contribution in [0.3, 0.4) is 0 Å². The van der Waals surface area contributed by atoms with E-state index in [4.69, 9.17) is 5.73 Å². The molecule has 2 N–H and O–H groups in total. The van der Waals surface area contributed by atoms with Gasteiger partial charge in [0.1, 0.15) is 0 Å². The molecule has 2 rings (SSSR count). The third-order valence-corrected chi connectivity index (χ3v) is 3.64. The van der Waals surface area contributed by atoms with Crippen LogP contribution in [0.2, 0.25) is 0 Å². The first-order valence-corrected chi connectivity index (χ1v) is 5.61. The fourth-order valence-corrected chi connectivity index (χ4v) is 2.56. The Hall–Kier alpha value is -1.36. The third-order valence-electron chi connectivity index (χ3n) is 2.47. The number of aromatic nitrogens is 3. The molecular weight excluding hydrogens is 208 g/mol. The zero-order valence-corrected chi connectivity index (χ0v) is 9.88. The highest BCUT2D eigenvalue weighted by Gasteiger charge is 2.16. The maximum atomic E-state index is 5.69. The second kappa shape index (κ2) is 3.66. The Labute approximate surface area is 92.8 Å². The van der Waals surface area contributed by atoms with E-state index in [1.807, 2.05) is 31.0 Å². The lowest BCUT2D eigenvalue weighted by atomic mass is 10.0. The van der Waals surface area contributed by atoms with Gasteiger partial charge in [-0.25, -0.2) is 4.98 Å². The summed E-state index contributed by atoms with van der Waals surface area (Å²) in [6.07, 6.45) is 3.92. The van der Waals surface area contributed by atoms with Crippen molar-refractivity contribution in [2.75, 3.05) is 5.73 Å². The molecule has 0 amide bonds. The number of nitrogens with zero attached hydrogens (tertiary/aromatic N) is 3. The molecule has 1 atom stereocenters. The predicted octanol–water partition coefficient (Wildman–Crippen LogP) is 1.92. The van der Waals surface area contributed by atoms with Crippen LogP contribution in [-0.2, 0) is 7.05 Å². The summed E-state index contributed by atoms with van der Waals surface area (Å²) in [4.78, 5) is 5.46. The molecule has 2 aromatic rings. The van der Waals surface area contributed by atoms with Gasteiger partial charge in [0.05, 0.1) is 11.9 Å². The fourth-order valence-electron chi connectivity index (χ4n) is 1.65. The molecule has 0 fully saturated rings. The van der Waals surface area contributed by atoms with Gasteiger partial charge in [0.15, 0.2) is 5.13 Å². The molecular formula is C10H14N4S. The van der Waals surface area contributed by atoms with Crippen LogP contribution in [-0.4, -0.2) is 14.8 Å². The molecule has 0 aliphatic heterocycles. The average molecular weight is 222 g/mol. The Morgan fingerprint density at radius 1 is 1.53 bits per heavy atom. The van der Waals surface area contributed by atoms with Crippen molar-refractivity contribution in [3.63, 3.8) is 0 Å². The zero-order chi connectivity index (χ0) is 11.0. The number of nitrogen functional groups attached to an aromatic ring is 1. The molecule has 0 spiro atoms. The quantitative estimate of drug-likeness (QED) is 0.844. The maximum Gasteiger partial charge on any atom is 0.180 e. The lowest BCUT2D eigenvalue weighted by Gasteiger charge is -2.06. The summed E-state index contributed by atoms with van der Waals surface area (Å²) in [7, 11) is 1.92. The summed E-state index contributed by atoms with van der Waals surface area (Å²) >= 11 is 1.56. The van der Waals surface area contributed by atoms with Gasteiger partial charge in [0.2, 0.25) is 0 Å². The van der Waals surface area contributed by atoms with Crippen molar-refractivity contribution < 1.29 is 0 Å². The number of hydrogen-bond donors (Lipinski definition) is 1. The molecule has 5 heteroatoms. The number of hydrogen-bond acceptors (Lipinski definition) is 4. The molecule has 15 heavy (non-hydrogen) atoms. The Balaban J connectivity index is 2.35. The van der Waals surface area contributed by atoms with E-state index in [0.717, 1.165) is 5.69 Å². The highest BCUT2D eigenvalue weighted by molar-refractivity contribution is 7.15. The van der Waals surface area contributed by atoms with Gasteiger partial charge in [-0.15, -0.1) is 11.3 Å². The van der Waals surface area contributed by atoms with E-state index in [-0.39, 0.29) is 0 Å². The van der Waals surface area contributed by atoms with Crippen LogP contribution in [0.25, 0.3) is 0 Å². The monoisotopic (exact) mass is 222 g/mol. The summed E-state index contributed by atoms with van der Waals surface area (Å²) in [5.74, 6) is 0.313. The second-order valence-electron chi connectivity index (χ2n) is 3.67. The van der Waals surface area contributed by atoms with E-state index in [0.29, 0.717) is 11.0 Å². The molecule has 4 nitrogen and oxygen atoms in total. The Kier molecular flexibility index (Phi) is 2.48. The smallest absolute Gasteiger partial charge is 0.180 e. The minimum Gasteiger partial charge on any atom is -0.375 e. The lowest BCUT2D eigenvalue weighted by Crippen LogP contribution is -1.94. The standard InChI is InChI=1S/C10H14N4S/c1-6(8-4-12-14(3)5-8)9-7(2)13-10(11)15-9/h4-6H,1-3H3,(H2,11,13). The van der Waals surface area contributed by atoms with Crippen molar-refractivity contribution >= 4 is 16.5 Å². The van der Waals surface area contributed by atoms with E-state index >= 15 is 0 Å². The fraction of sp³-hybridized carbons (Fsp3) is 0.400. The van der Waals surface area contributed by atoms with E-state index < -0.39 is 0 Å². The summed E-state index contributed by atoms with van der Waals surface area (Å²) in [6, 6.07) is 0.